The molecule has 4 rings (SSSR count). The minimum Gasteiger partial charge on any atom is -0.295 e. The van der Waals surface area contributed by atoms with E-state index in [1.54, 1.807) is 36.9 Å². The van der Waals surface area contributed by atoms with Gasteiger partial charge in [-0.15, -0.1) is 0 Å². The fraction of sp³-hybridized carbons (Fsp3) is 0.208. The largest absolute Gasteiger partial charge is 0.328 e. The van der Waals surface area contributed by atoms with Gasteiger partial charge in [-0.3, -0.25) is 13.9 Å². The molecule has 0 saturated carbocycles. The molecule has 4 aromatic rings. The average molecular weight is 468 g/mol. The number of hydrogen-bond donors (Lipinski definition) is 1. The maximum atomic E-state index is 13.2. The second-order valence-electron chi connectivity index (χ2n) is 7.98. The number of anilines is 1. The number of hydrogen-bond acceptors (Lipinski definition) is 4. The Labute approximate surface area is 191 Å². The number of aryl methyl sites for hydroxylation is 2. The minimum atomic E-state index is -3.81. The Morgan fingerprint density at radius 3 is 2.06 bits per heavy atom. The average Bonchev–Trinajstić information content (AvgIpc) is 2.98. The van der Waals surface area contributed by atoms with Crippen LogP contribution in [0, 0.1) is 0 Å². The molecule has 0 saturated heterocycles. The van der Waals surface area contributed by atoms with Gasteiger partial charge in [-0.1, -0.05) is 55.9 Å². The van der Waals surface area contributed by atoms with Crippen LogP contribution in [0.3, 0.4) is 0 Å². The molecule has 0 aliphatic heterocycles. The van der Waals surface area contributed by atoms with Crippen LogP contribution in [-0.2, 0) is 24.1 Å². The predicted octanol–water partition coefficient (Wildman–Crippen LogP) is 4.95. The van der Waals surface area contributed by atoms with Crippen LogP contribution in [0.4, 0.5) is 5.69 Å². The Bertz CT molecular complexity index is 1440. The van der Waals surface area contributed by atoms with E-state index in [0.717, 1.165) is 16.0 Å². The lowest BCUT2D eigenvalue weighted by Gasteiger charge is -2.14. The van der Waals surface area contributed by atoms with Crippen LogP contribution in [0.2, 0.25) is 0 Å². The Morgan fingerprint density at radius 2 is 1.47 bits per heavy atom. The van der Waals surface area contributed by atoms with Gasteiger partial charge < -0.3 is 0 Å². The van der Waals surface area contributed by atoms with Gasteiger partial charge in [0, 0.05) is 23.9 Å². The molecule has 0 unspecified atom stereocenters. The van der Waals surface area contributed by atoms with Crippen LogP contribution in [-0.4, -0.2) is 17.6 Å². The van der Waals surface area contributed by atoms with E-state index in [-0.39, 0.29) is 10.6 Å². The van der Waals surface area contributed by atoms with Crippen molar-refractivity contribution in [3.8, 4) is 0 Å². The highest BCUT2D eigenvalue weighted by atomic mass is 32.2. The third-order valence-electron chi connectivity index (χ3n) is 5.45. The highest BCUT2D eigenvalue weighted by Crippen LogP contribution is 2.37. The third kappa shape index (κ3) is 4.20. The zero-order valence-corrected chi connectivity index (χ0v) is 20.0. The summed E-state index contributed by atoms with van der Waals surface area (Å²) in [7, 11) is -0.425. The minimum absolute atomic E-state index is 0.167. The molecule has 1 aromatic heterocycles. The molecule has 0 atom stereocenters. The quantitative estimate of drug-likeness (QED) is 0.435. The Kier molecular flexibility index (Phi) is 5.92. The molecule has 1 N–H and O–H groups in total. The van der Waals surface area contributed by atoms with Crippen LogP contribution >= 0.6 is 11.8 Å². The van der Waals surface area contributed by atoms with Crippen molar-refractivity contribution in [2.24, 2.45) is 14.1 Å². The summed E-state index contributed by atoms with van der Waals surface area (Å²) < 4.78 is 32.2. The van der Waals surface area contributed by atoms with E-state index < -0.39 is 10.0 Å². The summed E-state index contributed by atoms with van der Waals surface area (Å²) in [6, 6.07) is 20.2. The molecule has 0 aliphatic carbocycles. The smallest absolute Gasteiger partial charge is 0.295 e. The van der Waals surface area contributed by atoms with Crippen LogP contribution in [0.5, 0.6) is 0 Å². The number of imidazole rings is 1. The van der Waals surface area contributed by atoms with E-state index in [2.05, 4.69) is 18.6 Å². The standard InChI is InChI=1S/C24H25N3O3S2/c1-16(2)17-10-12-19(13-11-17)32(29,30)25-20-14-21-22(27(4)24(28)26(21)3)15-23(20)31-18-8-6-5-7-9-18/h5-16,25H,1-4H3. The third-order valence-corrected chi connectivity index (χ3v) is 7.89. The predicted molar refractivity (Wildman–Crippen MR) is 130 cm³/mol. The maximum Gasteiger partial charge on any atom is 0.328 e. The van der Waals surface area contributed by atoms with Gasteiger partial charge in [0.1, 0.15) is 0 Å². The van der Waals surface area contributed by atoms with E-state index in [4.69, 9.17) is 0 Å². The molecule has 8 heteroatoms. The first kappa shape index (κ1) is 22.2. The fourth-order valence-corrected chi connectivity index (χ4v) is 5.61. The second kappa shape index (κ2) is 8.52. The molecular formula is C24H25N3O3S2. The molecule has 0 fully saturated rings. The van der Waals surface area contributed by atoms with Crippen molar-refractivity contribution >= 4 is 38.5 Å². The lowest BCUT2D eigenvalue weighted by molar-refractivity contribution is 0.601. The van der Waals surface area contributed by atoms with Crippen molar-refractivity contribution < 1.29 is 8.42 Å². The van der Waals surface area contributed by atoms with Gasteiger partial charge in [0.25, 0.3) is 10.0 Å². The Morgan fingerprint density at radius 1 is 0.875 bits per heavy atom. The molecule has 3 aromatic carbocycles. The summed E-state index contributed by atoms with van der Waals surface area (Å²) in [5.74, 6) is 0.315. The molecular weight excluding hydrogens is 442 g/mol. The van der Waals surface area contributed by atoms with Gasteiger partial charge in [0.15, 0.2) is 0 Å². The highest BCUT2D eigenvalue weighted by Gasteiger charge is 2.20. The van der Waals surface area contributed by atoms with Gasteiger partial charge in [-0.2, -0.15) is 0 Å². The summed E-state index contributed by atoms with van der Waals surface area (Å²) in [5.41, 5.74) is 2.73. The van der Waals surface area contributed by atoms with Crippen molar-refractivity contribution in [3.05, 3.63) is 82.8 Å². The van der Waals surface area contributed by atoms with Gasteiger partial charge in [-0.05, 0) is 47.9 Å². The van der Waals surface area contributed by atoms with Crippen molar-refractivity contribution in [2.75, 3.05) is 4.72 Å². The van der Waals surface area contributed by atoms with Crippen LogP contribution in [0.1, 0.15) is 25.3 Å². The van der Waals surface area contributed by atoms with E-state index in [9.17, 15) is 13.2 Å². The molecule has 6 nitrogen and oxygen atoms in total. The fourth-order valence-electron chi connectivity index (χ4n) is 3.54. The molecule has 0 bridgehead atoms. The summed E-state index contributed by atoms with van der Waals surface area (Å²) >= 11 is 1.44. The first-order valence-corrected chi connectivity index (χ1v) is 12.5. The van der Waals surface area contributed by atoms with Crippen LogP contribution < -0.4 is 10.4 Å². The SMILES string of the molecule is CC(C)c1ccc(S(=O)(=O)Nc2cc3c(cc2Sc2ccccc2)n(C)c(=O)n3C)cc1. The van der Waals surface area contributed by atoms with E-state index >= 15 is 0 Å². The summed E-state index contributed by atoms with van der Waals surface area (Å²) in [5, 5.41) is 0. The molecule has 1 heterocycles. The lowest BCUT2D eigenvalue weighted by Crippen LogP contribution is -2.19. The van der Waals surface area contributed by atoms with Crippen molar-refractivity contribution in [1.29, 1.82) is 0 Å². The molecule has 0 radical (unpaired) electrons. The van der Waals surface area contributed by atoms with Crippen LogP contribution in [0.15, 0.2) is 86.2 Å². The second-order valence-corrected chi connectivity index (χ2v) is 10.8. The summed E-state index contributed by atoms with van der Waals surface area (Å²) in [6.07, 6.45) is 0. The zero-order chi connectivity index (χ0) is 23.0. The maximum absolute atomic E-state index is 13.2. The summed E-state index contributed by atoms with van der Waals surface area (Å²) in [6.45, 7) is 4.13. The molecule has 0 spiro atoms. The van der Waals surface area contributed by atoms with E-state index in [1.807, 2.05) is 48.5 Å². The molecule has 0 amide bonds. The van der Waals surface area contributed by atoms with E-state index in [0.29, 0.717) is 22.0 Å². The van der Waals surface area contributed by atoms with Gasteiger partial charge in [0.05, 0.1) is 21.6 Å². The van der Waals surface area contributed by atoms with Gasteiger partial charge in [-0.25, -0.2) is 13.2 Å². The Balaban J connectivity index is 1.81. The monoisotopic (exact) mass is 467 g/mol. The Hall–Kier alpha value is -2.97. The number of rotatable bonds is 6. The molecule has 166 valence electrons. The van der Waals surface area contributed by atoms with E-state index in [1.165, 1.54) is 16.3 Å². The lowest BCUT2D eigenvalue weighted by atomic mass is 10.0. The number of nitrogens with one attached hydrogen (secondary N) is 1. The normalized spacial score (nSPS) is 11.9. The van der Waals surface area contributed by atoms with Crippen LogP contribution in [0.25, 0.3) is 11.0 Å². The highest BCUT2D eigenvalue weighted by molar-refractivity contribution is 7.99. The number of sulfonamides is 1. The van der Waals surface area contributed by atoms with Gasteiger partial charge >= 0.3 is 5.69 Å². The number of benzene rings is 3. The topological polar surface area (TPSA) is 73.1 Å². The number of fused-ring (bicyclic) bond motifs is 1. The van der Waals surface area contributed by atoms with Crippen molar-refractivity contribution in [1.82, 2.24) is 9.13 Å². The zero-order valence-electron chi connectivity index (χ0n) is 18.4. The molecule has 0 aliphatic rings. The van der Waals surface area contributed by atoms with Crippen molar-refractivity contribution in [2.45, 2.75) is 34.5 Å². The number of nitrogens with zero attached hydrogens (tertiary/aromatic N) is 2. The number of aromatic nitrogens is 2. The first-order valence-electron chi connectivity index (χ1n) is 10.2. The van der Waals surface area contributed by atoms with Gasteiger partial charge in [0.2, 0.25) is 0 Å². The van der Waals surface area contributed by atoms with Crippen molar-refractivity contribution in [3.63, 3.8) is 0 Å². The molecule has 32 heavy (non-hydrogen) atoms. The first-order chi connectivity index (χ1) is 15.2. The summed E-state index contributed by atoms with van der Waals surface area (Å²) in [4.78, 5) is 14.3.